The molecule has 0 bridgehead atoms. The Morgan fingerprint density at radius 2 is 1.89 bits per heavy atom. The van der Waals surface area contributed by atoms with Gasteiger partial charge in [0.05, 0.1) is 6.61 Å². The van der Waals surface area contributed by atoms with Gasteiger partial charge in [-0.25, -0.2) is 0 Å². The molecule has 1 aromatic carbocycles. The van der Waals surface area contributed by atoms with Crippen molar-refractivity contribution < 1.29 is 9.84 Å². The van der Waals surface area contributed by atoms with Crippen molar-refractivity contribution in [1.29, 1.82) is 0 Å². The van der Waals surface area contributed by atoms with Crippen LogP contribution in [0.3, 0.4) is 0 Å². The molecule has 0 aliphatic carbocycles. The van der Waals surface area contributed by atoms with Gasteiger partial charge in [-0.2, -0.15) is 0 Å². The van der Waals surface area contributed by atoms with E-state index in [-0.39, 0.29) is 5.41 Å². The minimum absolute atomic E-state index is 0.282. The van der Waals surface area contributed by atoms with E-state index in [9.17, 15) is 5.11 Å². The average Bonchev–Trinajstić information content (AvgIpc) is 2.26. The molecule has 0 amide bonds. The van der Waals surface area contributed by atoms with E-state index in [2.05, 4.69) is 26.8 Å². The lowest BCUT2D eigenvalue weighted by molar-refractivity contribution is 0.0260. The van der Waals surface area contributed by atoms with E-state index in [4.69, 9.17) is 4.74 Å². The Labute approximate surface area is 111 Å². The number of aliphatic hydroxyl groups excluding tert-OH is 1. The highest BCUT2D eigenvalue weighted by molar-refractivity contribution is 5.32. The van der Waals surface area contributed by atoms with Gasteiger partial charge in [0.25, 0.3) is 0 Å². The highest BCUT2D eigenvalue weighted by atomic mass is 16.5. The van der Waals surface area contributed by atoms with Gasteiger partial charge in [-0.15, -0.1) is 0 Å². The molecule has 0 spiro atoms. The van der Waals surface area contributed by atoms with Crippen LogP contribution in [-0.4, -0.2) is 18.3 Å². The van der Waals surface area contributed by atoms with Crippen molar-refractivity contribution in [3.8, 4) is 0 Å². The number of ether oxygens (including phenoxy) is 1. The number of hydrogen-bond donors (Lipinski definition) is 1. The molecule has 0 heterocycles. The fourth-order valence-corrected chi connectivity index (χ4v) is 1.78. The van der Waals surface area contributed by atoms with Crippen molar-refractivity contribution >= 4 is 0 Å². The van der Waals surface area contributed by atoms with E-state index >= 15 is 0 Å². The van der Waals surface area contributed by atoms with Gasteiger partial charge in [0.15, 0.2) is 0 Å². The molecule has 0 aliphatic rings. The van der Waals surface area contributed by atoms with Crippen LogP contribution in [0.2, 0.25) is 0 Å². The van der Waals surface area contributed by atoms with Gasteiger partial charge in [0.1, 0.15) is 6.10 Å². The summed E-state index contributed by atoms with van der Waals surface area (Å²) in [4.78, 5) is 0. The van der Waals surface area contributed by atoms with Gasteiger partial charge in [0.2, 0.25) is 0 Å². The molecule has 0 radical (unpaired) electrons. The zero-order chi connectivity index (χ0) is 13.8. The van der Waals surface area contributed by atoms with Crippen LogP contribution in [0.5, 0.6) is 0 Å². The van der Waals surface area contributed by atoms with Crippen molar-refractivity contribution in [3.05, 3.63) is 34.9 Å². The van der Waals surface area contributed by atoms with Crippen LogP contribution < -0.4 is 0 Å². The van der Waals surface area contributed by atoms with Crippen LogP contribution in [-0.2, 0) is 4.74 Å². The lowest BCUT2D eigenvalue weighted by Gasteiger charge is -2.19. The average molecular weight is 250 g/mol. The molecule has 0 fully saturated rings. The van der Waals surface area contributed by atoms with Gasteiger partial charge in [-0.05, 0) is 36.8 Å². The van der Waals surface area contributed by atoms with Gasteiger partial charge >= 0.3 is 0 Å². The summed E-state index contributed by atoms with van der Waals surface area (Å²) in [5, 5.41) is 10.1. The highest BCUT2D eigenvalue weighted by Gasteiger charge is 2.13. The Morgan fingerprint density at radius 1 is 1.22 bits per heavy atom. The molecule has 2 nitrogen and oxygen atoms in total. The number of hydrogen-bond acceptors (Lipinski definition) is 2. The van der Waals surface area contributed by atoms with E-state index < -0.39 is 6.10 Å². The van der Waals surface area contributed by atoms with Crippen molar-refractivity contribution in [2.24, 2.45) is 5.41 Å². The second-order valence-electron chi connectivity index (χ2n) is 6.26. The van der Waals surface area contributed by atoms with E-state index in [0.29, 0.717) is 13.2 Å². The first-order valence-corrected chi connectivity index (χ1v) is 6.62. The largest absolute Gasteiger partial charge is 0.386 e. The quantitative estimate of drug-likeness (QED) is 0.806. The maximum absolute atomic E-state index is 10.1. The van der Waals surface area contributed by atoms with E-state index in [1.54, 1.807) is 0 Å². The zero-order valence-electron chi connectivity index (χ0n) is 12.3. The third-order valence-electron chi connectivity index (χ3n) is 3.07. The summed E-state index contributed by atoms with van der Waals surface area (Å²) in [6, 6.07) is 6.14. The molecule has 1 N–H and O–H groups in total. The molecule has 2 heteroatoms. The summed E-state index contributed by atoms with van der Waals surface area (Å²) in [6.45, 7) is 11.7. The SMILES string of the molecule is Cc1ccc(C)c(C(O)COCCC(C)(C)C)c1. The number of rotatable bonds is 5. The number of benzene rings is 1. The van der Waals surface area contributed by atoms with Gasteiger partial charge in [0, 0.05) is 6.61 Å². The monoisotopic (exact) mass is 250 g/mol. The summed E-state index contributed by atoms with van der Waals surface area (Å²) in [7, 11) is 0. The first-order valence-electron chi connectivity index (χ1n) is 6.62. The normalized spacial score (nSPS) is 13.7. The first-order chi connectivity index (χ1) is 8.29. The molecule has 0 saturated carbocycles. The second-order valence-corrected chi connectivity index (χ2v) is 6.26. The molecule has 18 heavy (non-hydrogen) atoms. The van der Waals surface area contributed by atoms with Crippen LogP contribution >= 0.6 is 0 Å². The van der Waals surface area contributed by atoms with Crippen LogP contribution in [0.1, 0.15) is 50.0 Å². The molecule has 0 aliphatic heterocycles. The van der Waals surface area contributed by atoms with Crippen molar-refractivity contribution in [2.75, 3.05) is 13.2 Å². The predicted molar refractivity (Wildman–Crippen MR) is 75.8 cm³/mol. The Hall–Kier alpha value is -0.860. The molecule has 1 atom stereocenters. The van der Waals surface area contributed by atoms with E-state index in [0.717, 1.165) is 17.5 Å². The molecular weight excluding hydrogens is 224 g/mol. The highest BCUT2D eigenvalue weighted by Crippen LogP contribution is 2.21. The van der Waals surface area contributed by atoms with Crippen LogP contribution in [0.4, 0.5) is 0 Å². The molecular formula is C16H26O2. The third-order valence-corrected chi connectivity index (χ3v) is 3.07. The second kappa shape index (κ2) is 6.35. The lowest BCUT2D eigenvalue weighted by Crippen LogP contribution is -2.13. The number of aliphatic hydroxyl groups is 1. The van der Waals surface area contributed by atoms with Crippen molar-refractivity contribution in [2.45, 2.75) is 47.1 Å². The molecule has 0 aromatic heterocycles. The predicted octanol–water partition coefficient (Wildman–Crippen LogP) is 3.79. The maximum atomic E-state index is 10.1. The van der Waals surface area contributed by atoms with Gasteiger partial charge < -0.3 is 9.84 Å². The van der Waals surface area contributed by atoms with Gasteiger partial charge in [-0.1, -0.05) is 44.5 Å². The molecule has 102 valence electrons. The zero-order valence-corrected chi connectivity index (χ0v) is 12.3. The molecule has 1 aromatic rings. The fraction of sp³-hybridized carbons (Fsp3) is 0.625. The van der Waals surface area contributed by atoms with Crippen LogP contribution in [0.25, 0.3) is 0 Å². The smallest absolute Gasteiger partial charge is 0.103 e. The Bertz CT molecular complexity index is 377. The van der Waals surface area contributed by atoms with Crippen LogP contribution in [0.15, 0.2) is 18.2 Å². The van der Waals surface area contributed by atoms with Crippen molar-refractivity contribution in [3.63, 3.8) is 0 Å². The van der Waals surface area contributed by atoms with Gasteiger partial charge in [-0.3, -0.25) is 0 Å². The third kappa shape index (κ3) is 5.19. The van der Waals surface area contributed by atoms with E-state index in [1.807, 2.05) is 26.0 Å². The summed E-state index contributed by atoms with van der Waals surface area (Å²) in [5.41, 5.74) is 3.55. The minimum Gasteiger partial charge on any atom is -0.386 e. The molecule has 1 unspecified atom stereocenters. The topological polar surface area (TPSA) is 29.5 Å². The summed E-state index contributed by atoms with van der Waals surface area (Å²) >= 11 is 0. The minimum atomic E-state index is -0.523. The molecule has 1 rings (SSSR count). The Morgan fingerprint density at radius 3 is 2.50 bits per heavy atom. The van der Waals surface area contributed by atoms with Crippen molar-refractivity contribution in [1.82, 2.24) is 0 Å². The molecule has 0 saturated heterocycles. The standard InChI is InChI=1S/C16H26O2/c1-12-6-7-13(2)14(10-12)15(17)11-18-9-8-16(3,4)5/h6-7,10,15,17H,8-9,11H2,1-5H3. The lowest BCUT2D eigenvalue weighted by atomic mass is 9.93. The summed E-state index contributed by atoms with van der Waals surface area (Å²) in [5.74, 6) is 0. The maximum Gasteiger partial charge on any atom is 0.103 e. The summed E-state index contributed by atoms with van der Waals surface area (Å²) in [6.07, 6.45) is 0.483. The Kier molecular flexibility index (Phi) is 5.36. The van der Waals surface area contributed by atoms with Crippen LogP contribution in [0, 0.1) is 19.3 Å². The first kappa shape index (κ1) is 15.2. The number of aryl methyl sites for hydroxylation is 2. The van der Waals surface area contributed by atoms with E-state index in [1.165, 1.54) is 5.56 Å². The Balaban J connectivity index is 2.45. The summed E-state index contributed by atoms with van der Waals surface area (Å²) < 4.78 is 5.57. The fourth-order valence-electron chi connectivity index (χ4n) is 1.78.